The molecule has 1 aliphatic rings. The van der Waals surface area contributed by atoms with Gasteiger partial charge in [0, 0.05) is 5.92 Å². The Morgan fingerprint density at radius 2 is 2.00 bits per heavy atom. The maximum Gasteiger partial charge on any atom is 0.122 e. The fraction of sp³-hybridized carbons (Fsp3) is 0.667. The number of nitrogens with two attached hydrogens (primary N) is 1. The minimum Gasteiger partial charge on any atom is -0.494 e. The number of hydrogen-bond donors (Lipinski definition) is 1. The van der Waals surface area contributed by atoms with Crippen molar-refractivity contribution in [1.29, 1.82) is 0 Å². The zero-order chi connectivity index (χ0) is 15.2. The van der Waals surface area contributed by atoms with E-state index in [1.165, 1.54) is 37.1 Å². The lowest BCUT2D eigenvalue weighted by atomic mass is 9.79. The van der Waals surface area contributed by atoms with Crippen molar-refractivity contribution in [1.82, 2.24) is 4.90 Å². The highest BCUT2D eigenvalue weighted by Crippen LogP contribution is 2.37. The van der Waals surface area contributed by atoms with E-state index >= 15 is 0 Å². The lowest BCUT2D eigenvalue weighted by Gasteiger charge is -2.36. The lowest BCUT2D eigenvalue weighted by Crippen LogP contribution is -2.37. The van der Waals surface area contributed by atoms with Crippen LogP contribution in [0.4, 0.5) is 0 Å². The smallest absolute Gasteiger partial charge is 0.122 e. The van der Waals surface area contributed by atoms with Crippen LogP contribution in [0, 0.1) is 12.8 Å². The molecule has 0 amide bonds. The third-order valence-electron chi connectivity index (χ3n) is 4.77. The van der Waals surface area contributed by atoms with Crippen molar-refractivity contribution in [3.8, 4) is 5.75 Å². The SMILES string of the molecule is CCOc1ccc(C)cc1C(CN)C1CCN(CC)CC1. The highest BCUT2D eigenvalue weighted by molar-refractivity contribution is 5.40. The topological polar surface area (TPSA) is 38.5 Å². The van der Waals surface area contributed by atoms with Crippen LogP contribution in [-0.4, -0.2) is 37.7 Å². The van der Waals surface area contributed by atoms with Crippen molar-refractivity contribution in [3.05, 3.63) is 29.3 Å². The van der Waals surface area contributed by atoms with E-state index in [1.54, 1.807) is 0 Å². The van der Waals surface area contributed by atoms with Crippen LogP contribution in [0.2, 0.25) is 0 Å². The number of piperidine rings is 1. The van der Waals surface area contributed by atoms with Gasteiger partial charge in [-0.25, -0.2) is 0 Å². The molecule has 21 heavy (non-hydrogen) atoms. The standard InChI is InChI=1S/C18H30N2O/c1-4-20-10-8-15(9-11-20)17(13-19)16-12-14(3)6-7-18(16)21-5-2/h6-7,12,15,17H,4-5,8-11,13,19H2,1-3H3. The van der Waals surface area contributed by atoms with E-state index < -0.39 is 0 Å². The van der Waals surface area contributed by atoms with Crippen LogP contribution in [0.5, 0.6) is 5.75 Å². The van der Waals surface area contributed by atoms with Crippen molar-refractivity contribution in [3.63, 3.8) is 0 Å². The summed E-state index contributed by atoms with van der Waals surface area (Å²) in [5, 5.41) is 0. The lowest BCUT2D eigenvalue weighted by molar-refractivity contribution is 0.175. The number of rotatable bonds is 6. The molecule has 3 heteroatoms. The molecule has 118 valence electrons. The van der Waals surface area contributed by atoms with Crippen LogP contribution < -0.4 is 10.5 Å². The molecule has 1 atom stereocenters. The predicted octanol–water partition coefficient (Wildman–Crippen LogP) is 3.17. The van der Waals surface area contributed by atoms with Gasteiger partial charge in [0.05, 0.1) is 6.61 Å². The summed E-state index contributed by atoms with van der Waals surface area (Å²) in [5.74, 6) is 2.13. The molecule has 0 aromatic heterocycles. The first-order valence-corrected chi connectivity index (χ1v) is 8.35. The molecule has 0 radical (unpaired) electrons. The van der Waals surface area contributed by atoms with Gasteiger partial charge in [-0.3, -0.25) is 0 Å². The second-order valence-corrected chi connectivity index (χ2v) is 6.09. The highest BCUT2D eigenvalue weighted by atomic mass is 16.5. The van der Waals surface area contributed by atoms with Crippen LogP contribution in [0.3, 0.4) is 0 Å². The van der Waals surface area contributed by atoms with Crippen molar-refractivity contribution in [2.45, 2.75) is 39.5 Å². The Morgan fingerprint density at radius 3 is 2.57 bits per heavy atom. The summed E-state index contributed by atoms with van der Waals surface area (Å²) >= 11 is 0. The van der Waals surface area contributed by atoms with Crippen LogP contribution in [0.25, 0.3) is 0 Å². The molecule has 0 bridgehead atoms. The second-order valence-electron chi connectivity index (χ2n) is 6.09. The number of aryl methyl sites for hydroxylation is 1. The van der Waals surface area contributed by atoms with E-state index in [2.05, 4.69) is 36.9 Å². The molecule has 1 aromatic carbocycles. The fourth-order valence-corrected chi connectivity index (χ4v) is 3.49. The van der Waals surface area contributed by atoms with Crippen LogP contribution in [0.15, 0.2) is 18.2 Å². The molecular weight excluding hydrogens is 260 g/mol. The monoisotopic (exact) mass is 290 g/mol. The quantitative estimate of drug-likeness (QED) is 0.874. The Hall–Kier alpha value is -1.06. The van der Waals surface area contributed by atoms with E-state index in [1.807, 2.05) is 6.92 Å². The Bertz CT molecular complexity index is 439. The molecule has 1 unspecified atom stereocenters. The normalized spacial score (nSPS) is 18.7. The van der Waals surface area contributed by atoms with E-state index in [0.29, 0.717) is 25.0 Å². The van der Waals surface area contributed by atoms with Gasteiger partial charge < -0.3 is 15.4 Å². The van der Waals surface area contributed by atoms with Gasteiger partial charge in [0.25, 0.3) is 0 Å². The van der Waals surface area contributed by atoms with Crippen molar-refractivity contribution in [2.75, 3.05) is 32.8 Å². The molecule has 3 nitrogen and oxygen atoms in total. The second kappa shape index (κ2) is 7.81. The van der Waals surface area contributed by atoms with Gasteiger partial charge in [-0.15, -0.1) is 0 Å². The molecule has 0 saturated carbocycles. The minimum atomic E-state index is 0.422. The number of likely N-dealkylation sites (tertiary alicyclic amines) is 1. The Labute approximate surface area is 129 Å². The molecule has 2 N–H and O–H groups in total. The molecule has 2 rings (SSSR count). The summed E-state index contributed by atoms with van der Waals surface area (Å²) in [4.78, 5) is 2.53. The van der Waals surface area contributed by atoms with Crippen LogP contribution >= 0.6 is 0 Å². The van der Waals surface area contributed by atoms with Gasteiger partial charge in [0.1, 0.15) is 5.75 Å². The summed E-state index contributed by atoms with van der Waals surface area (Å²) in [7, 11) is 0. The average Bonchev–Trinajstić information content (AvgIpc) is 2.51. The van der Waals surface area contributed by atoms with Crippen molar-refractivity contribution < 1.29 is 4.74 Å². The van der Waals surface area contributed by atoms with E-state index in [9.17, 15) is 0 Å². The summed E-state index contributed by atoms with van der Waals surface area (Å²) in [6.45, 7) is 11.4. The Balaban J connectivity index is 2.19. The van der Waals surface area contributed by atoms with Gasteiger partial charge in [-0.1, -0.05) is 24.6 Å². The van der Waals surface area contributed by atoms with E-state index in [4.69, 9.17) is 10.5 Å². The number of benzene rings is 1. The van der Waals surface area contributed by atoms with Gasteiger partial charge in [0.2, 0.25) is 0 Å². The van der Waals surface area contributed by atoms with Crippen LogP contribution in [-0.2, 0) is 0 Å². The maximum absolute atomic E-state index is 6.15. The van der Waals surface area contributed by atoms with Gasteiger partial charge in [-0.2, -0.15) is 0 Å². The third kappa shape index (κ3) is 3.98. The number of ether oxygens (including phenoxy) is 1. The molecule has 0 spiro atoms. The molecular formula is C18H30N2O. The third-order valence-corrected chi connectivity index (χ3v) is 4.77. The van der Waals surface area contributed by atoms with Crippen molar-refractivity contribution in [2.24, 2.45) is 11.7 Å². The summed E-state index contributed by atoms with van der Waals surface area (Å²) < 4.78 is 5.84. The van der Waals surface area contributed by atoms with E-state index in [-0.39, 0.29) is 0 Å². The average molecular weight is 290 g/mol. The minimum absolute atomic E-state index is 0.422. The molecule has 1 saturated heterocycles. The first-order valence-electron chi connectivity index (χ1n) is 8.35. The maximum atomic E-state index is 6.15. The largest absolute Gasteiger partial charge is 0.494 e. The summed E-state index contributed by atoms with van der Waals surface area (Å²) in [6.07, 6.45) is 2.49. The van der Waals surface area contributed by atoms with Crippen molar-refractivity contribution >= 4 is 0 Å². The predicted molar refractivity (Wildman–Crippen MR) is 89.0 cm³/mol. The highest BCUT2D eigenvalue weighted by Gasteiger charge is 2.28. The van der Waals surface area contributed by atoms with E-state index in [0.717, 1.165) is 12.3 Å². The summed E-state index contributed by atoms with van der Waals surface area (Å²) in [5.41, 5.74) is 8.75. The number of nitrogens with zero attached hydrogens (tertiary/aromatic N) is 1. The fourth-order valence-electron chi connectivity index (χ4n) is 3.49. The van der Waals surface area contributed by atoms with Gasteiger partial charge >= 0.3 is 0 Å². The molecule has 0 aliphatic carbocycles. The number of hydrogen-bond acceptors (Lipinski definition) is 3. The zero-order valence-electron chi connectivity index (χ0n) is 13.8. The zero-order valence-corrected chi connectivity index (χ0v) is 13.8. The van der Waals surface area contributed by atoms with Crippen LogP contribution in [0.1, 0.15) is 43.7 Å². The summed E-state index contributed by atoms with van der Waals surface area (Å²) in [6, 6.07) is 6.51. The van der Waals surface area contributed by atoms with Gasteiger partial charge in [0.15, 0.2) is 0 Å². The molecule has 1 fully saturated rings. The molecule has 1 aromatic rings. The Kier molecular flexibility index (Phi) is 6.07. The Morgan fingerprint density at radius 1 is 1.29 bits per heavy atom. The van der Waals surface area contributed by atoms with Gasteiger partial charge in [-0.05, 0) is 70.4 Å². The first-order chi connectivity index (χ1) is 10.2. The molecule has 1 aliphatic heterocycles. The first kappa shape index (κ1) is 16.3. The molecule has 1 heterocycles.